The molecule has 118 valence electrons. The van der Waals surface area contributed by atoms with Gasteiger partial charge in [0.25, 0.3) is 0 Å². The fraction of sp³-hybridized carbons (Fsp3) is 0.357. The monoisotopic (exact) mass is 343 g/mol. The topological polar surface area (TPSA) is 77.1 Å². The summed E-state index contributed by atoms with van der Waals surface area (Å²) in [4.78, 5) is 11.8. The summed E-state index contributed by atoms with van der Waals surface area (Å²) in [5.41, 5.74) is 0.938. The largest absolute Gasteiger partial charge is 0.488 e. The number of esters is 1. The molecule has 1 N–H and O–H groups in total. The van der Waals surface area contributed by atoms with E-state index in [1.807, 2.05) is 13.8 Å². The zero-order chi connectivity index (χ0) is 16.3. The minimum Gasteiger partial charge on any atom is -0.488 e. The van der Waals surface area contributed by atoms with Gasteiger partial charge in [-0.1, -0.05) is 23.2 Å². The third-order valence-corrected chi connectivity index (χ3v) is 3.20. The fourth-order valence-electron chi connectivity index (χ4n) is 1.82. The van der Waals surface area contributed by atoms with Gasteiger partial charge in [0, 0.05) is 5.56 Å². The average molecular weight is 344 g/mol. The van der Waals surface area contributed by atoms with E-state index in [4.69, 9.17) is 32.7 Å². The van der Waals surface area contributed by atoms with E-state index >= 15 is 0 Å². The quantitative estimate of drug-likeness (QED) is 0.836. The van der Waals surface area contributed by atoms with Crippen molar-refractivity contribution >= 4 is 29.2 Å². The van der Waals surface area contributed by atoms with E-state index in [2.05, 4.69) is 15.4 Å². The van der Waals surface area contributed by atoms with Crippen molar-refractivity contribution in [3.63, 3.8) is 0 Å². The van der Waals surface area contributed by atoms with Gasteiger partial charge in [0.15, 0.2) is 11.4 Å². The Labute approximate surface area is 137 Å². The van der Waals surface area contributed by atoms with Gasteiger partial charge in [-0.2, -0.15) is 10.3 Å². The van der Waals surface area contributed by atoms with Gasteiger partial charge in [-0.25, -0.2) is 4.79 Å². The number of nitrogens with zero attached hydrogens (tertiary/aromatic N) is 2. The lowest BCUT2D eigenvalue weighted by Crippen LogP contribution is -2.07. The molecule has 22 heavy (non-hydrogen) atoms. The number of H-pyrrole nitrogens is 1. The summed E-state index contributed by atoms with van der Waals surface area (Å²) >= 11 is 12.4. The molecule has 1 aromatic carbocycles. The molecule has 1 aromatic heterocycles. The van der Waals surface area contributed by atoms with Gasteiger partial charge in [0.1, 0.15) is 5.69 Å². The van der Waals surface area contributed by atoms with Crippen LogP contribution >= 0.6 is 23.2 Å². The van der Waals surface area contributed by atoms with Crippen molar-refractivity contribution in [1.29, 1.82) is 0 Å². The fourth-order valence-corrected chi connectivity index (χ4v) is 2.39. The van der Waals surface area contributed by atoms with E-state index in [-0.39, 0.29) is 18.4 Å². The highest BCUT2D eigenvalue weighted by molar-refractivity contribution is 6.37. The number of aromatic amines is 1. The predicted octanol–water partition coefficient (Wildman–Crippen LogP) is 3.74. The Morgan fingerprint density at radius 3 is 2.45 bits per heavy atom. The highest BCUT2D eigenvalue weighted by atomic mass is 35.5. The molecular weight excluding hydrogens is 329 g/mol. The van der Waals surface area contributed by atoms with Crippen LogP contribution in [-0.4, -0.2) is 34.1 Å². The lowest BCUT2D eigenvalue weighted by atomic mass is 10.1. The number of rotatable bonds is 5. The van der Waals surface area contributed by atoms with Gasteiger partial charge in [-0.15, -0.1) is 5.10 Å². The Morgan fingerprint density at radius 1 is 1.27 bits per heavy atom. The molecule has 0 atom stereocenters. The smallest absolute Gasteiger partial charge is 0.361 e. The molecule has 0 amide bonds. The number of carbonyl (C=O) groups excluding carboxylic acids is 1. The Morgan fingerprint density at radius 2 is 1.91 bits per heavy atom. The highest BCUT2D eigenvalue weighted by Crippen LogP contribution is 2.38. The van der Waals surface area contributed by atoms with Crippen LogP contribution in [0.15, 0.2) is 12.1 Å². The zero-order valence-electron chi connectivity index (χ0n) is 12.3. The van der Waals surface area contributed by atoms with Gasteiger partial charge < -0.3 is 9.47 Å². The molecule has 0 aliphatic heterocycles. The van der Waals surface area contributed by atoms with Crippen LogP contribution in [0.5, 0.6) is 5.75 Å². The second-order valence-corrected chi connectivity index (χ2v) is 5.49. The normalized spacial score (nSPS) is 10.8. The first kappa shape index (κ1) is 16.6. The van der Waals surface area contributed by atoms with Crippen LogP contribution in [-0.2, 0) is 4.74 Å². The molecular formula is C14H15Cl2N3O3. The number of nitrogens with one attached hydrogen (secondary N) is 1. The number of hydrogen-bond acceptors (Lipinski definition) is 5. The predicted molar refractivity (Wildman–Crippen MR) is 83.6 cm³/mol. The molecule has 2 rings (SSSR count). The summed E-state index contributed by atoms with van der Waals surface area (Å²) in [6.45, 7) is 5.70. The lowest BCUT2D eigenvalue weighted by molar-refractivity contribution is 0.0520. The molecule has 0 spiro atoms. The van der Waals surface area contributed by atoms with Crippen LogP contribution in [0.3, 0.4) is 0 Å². The first-order valence-corrected chi connectivity index (χ1v) is 7.43. The number of ether oxygens (including phenoxy) is 2. The van der Waals surface area contributed by atoms with E-state index < -0.39 is 5.97 Å². The molecule has 0 unspecified atom stereocenters. The SMILES string of the molecule is CCOC(=O)c1n[nH]nc1-c1cc(Cl)c(OC(C)C)c(Cl)c1. The third-order valence-electron chi connectivity index (χ3n) is 2.64. The first-order chi connectivity index (χ1) is 10.4. The highest BCUT2D eigenvalue weighted by Gasteiger charge is 2.21. The first-order valence-electron chi connectivity index (χ1n) is 6.68. The summed E-state index contributed by atoms with van der Waals surface area (Å²) in [6.07, 6.45) is -0.0667. The molecule has 6 nitrogen and oxygen atoms in total. The number of carbonyl (C=O) groups is 1. The summed E-state index contributed by atoms with van der Waals surface area (Å²) in [7, 11) is 0. The van der Waals surface area contributed by atoms with E-state index in [0.717, 1.165) is 0 Å². The van der Waals surface area contributed by atoms with Crippen molar-refractivity contribution in [3.8, 4) is 17.0 Å². The van der Waals surface area contributed by atoms with Crippen molar-refractivity contribution in [1.82, 2.24) is 15.4 Å². The summed E-state index contributed by atoms with van der Waals surface area (Å²) in [5.74, 6) is -0.177. The molecule has 1 heterocycles. The number of halogens is 2. The van der Waals surface area contributed by atoms with Crippen LogP contribution in [0.1, 0.15) is 31.3 Å². The maximum absolute atomic E-state index is 11.8. The van der Waals surface area contributed by atoms with Gasteiger partial charge in [0.05, 0.1) is 22.8 Å². The van der Waals surface area contributed by atoms with Crippen LogP contribution in [0.2, 0.25) is 10.0 Å². The Balaban J connectivity index is 2.43. The summed E-state index contributed by atoms with van der Waals surface area (Å²) in [5, 5.41) is 10.8. The van der Waals surface area contributed by atoms with Gasteiger partial charge >= 0.3 is 5.97 Å². The maximum atomic E-state index is 11.8. The van der Waals surface area contributed by atoms with Crippen LogP contribution in [0, 0.1) is 0 Å². The Bertz CT molecular complexity index is 663. The average Bonchev–Trinajstić information content (AvgIpc) is 2.92. The Kier molecular flexibility index (Phi) is 5.26. The van der Waals surface area contributed by atoms with Crippen molar-refractivity contribution in [2.24, 2.45) is 0 Å². The van der Waals surface area contributed by atoms with Crippen molar-refractivity contribution in [2.45, 2.75) is 26.9 Å². The minimum absolute atomic E-state index is 0.0667. The Hall–Kier alpha value is -1.79. The molecule has 0 bridgehead atoms. The van der Waals surface area contributed by atoms with Crippen LogP contribution < -0.4 is 4.74 Å². The van der Waals surface area contributed by atoms with Crippen molar-refractivity contribution in [3.05, 3.63) is 27.9 Å². The zero-order valence-corrected chi connectivity index (χ0v) is 13.8. The molecule has 2 aromatic rings. The van der Waals surface area contributed by atoms with E-state index in [9.17, 15) is 4.79 Å². The molecule has 0 saturated heterocycles. The van der Waals surface area contributed by atoms with Gasteiger partial charge in [0.2, 0.25) is 0 Å². The number of aromatic nitrogens is 3. The molecule has 8 heteroatoms. The lowest BCUT2D eigenvalue weighted by Gasteiger charge is -2.14. The maximum Gasteiger partial charge on any atom is 0.361 e. The van der Waals surface area contributed by atoms with Gasteiger partial charge in [-0.05, 0) is 32.9 Å². The van der Waals surface area contributed by atoms with E-state index in [1.165, 1.54) is 0 Å². The third kappa shape index (κ3) is 3.51. The number of hydrogen-bond donors (Lipinski definition) is 1. The summed E-state index contributed by atoms with van der Waals surface area (Å²) < 4.78 is 10.5. The molecule has 0 fully saturated rings. The van der Waals surface area contributed by atoms with Crippen LogP contribution in [0.25, 0.3) is 11.3 Å². The second-order valence-electron chi connectivity index (χ2n) is 4.68. The van der Waals surface area contributed by atoms with E-state index in [1.54, 1.807) is 19.1 Å². The molecule has 0 radical (unpaired) electrons. The van der Waals surface area contributed by atoms with E-state index in [0.29, 0.717) is 27.1 Å². The van der Waals surface area contributed by atoms with Gasteiger partial charge in [-0.3, -0.25) is 0 Å². The van der Waals surface area contributed by atoms with Crippen LogP contribution in [0.4, 0.5) is 0 Å². The standard InChI is InChI=1S/C14H15Cl2N3O3/c1-4-21-14(20)12-11(17-19-18-12)8-5-9(15)13(10(16)6-8)22-7(2)3/h5-7H,4H2,1-3H3,(H,17,18,19). The van der Waals surface area contributed by atoms with Crippen molar-refractivity contribution in [2.75, 3.05) is 6.61 Å². The second kappa shape index (κ2) is 6.98. The molecule has 0 aliphatic carbocycles. The molecule has 0 saturated carbocycles. The van der Waals surface area contributed by atoms with Crippen molar-refractivity contribution < 1.29 is 14.3 Å². The molecule has 0 aliphatic rings. The number of benzene rings is 1. The summed E-state index contributed by atoms with van der Waals surface area (Å²) in [6, 6.07) is 3.23. The minimum atomic E-state index is -0.569.